The van der Waals surface area contributed by atoms with Gasteiger partial charge in [0, 0.05) is 17.7 Å². The molecule has 13 nitrogen and oxygen atoms in total. The molecule has 0 fully saturated rings. The summed E-state index contributed by atoms with van der Waals surface area (Å²) in [6, 6.07) is 16.6. The molecule has 268 valence electrons. The molecule has 0 aliphatic carbocycles. The molecule has 4 N–H and O–H groups in total. The molecular weight excluding hydrogens is 666 g/mol. The minimum atomic E-state index is -1.69. The SMILES string of the molecule is COC(=O)c1coc(-c2nc3oc2[C@@]2(c4cccc5ccccc45)C(=O)Nc4ccc(cc42)C[C@H](NC(=O)[C@@H](O)C(C)C)C(=O)N[C@H]3C(C)(C)C)n1. The number of fused-ring (bicyclic) bond motifs is 5. The quantitative estimate of drug-likeness (QED) is 0.179. The van der Waals surface area contributed by atoms with Crippen LogP contribution in [0.4, 0.5) is 5.69 Å². The molecule has 2 aliphatic rings. The summed E-state index contributed by atoms with van der Waals surface area (Å²) in [5.41, 5.74) is -0.286. The summed E-state index contributed by atoms with van der Waals surface area (Å²) in [5, 5.41) is 21.1. The van der Waals surface area contributed by atoms with E-state index < -0.39 is 58.6 Å². The van der Waals surface area contributed by atoms with Crippen LogP contribution in [0.2, 0.25) is 0 Å². The van der Waals surface area contributed by atoms with Crippen molar-refractivity contribution in [2.24, 2.45) is 11.3 Å². The van der Waals surface area contributed by atoms with Crippen molar-refractivity contribution in [3.8, 4) is 11.6 Å². The lowest BCUT2D eigenvalue weighted by atomic mass is 9.70. The van der Waals surface area contributed by atoms with E-state index in [-0.39, 0.29) is 35.4 Å². The van der Waals surface area contributed by atoms with Gasteiger partial charge in [-0.25, -0.2) is 14.8 Å². The predicted octanol–water partition coefficient (Wildman–Crippen LogP) is 4.82. The van der Waals surface area contributed by atoms with E-state index in [0.29, 0.717) is 22.4 Å². The van der Waals surface area contributed by atoms with E-state index >= 15 is 0 Å². The molecule has 4 heterocycles. The van der Waals surface area contributed by atoms with E-state index in [1.54, 1.807) is 26.0 Å². The highest BCUT2D eigenvalue weighted by molar-refractivity contribution is 6.14. The number of ether oxygens (including phenoxy) is 1. The molecule has 5 aromatic rings. The van der Waals surface area contributed by atoms with Crippen molar-refractivity contribution in [2.45, 2.75) is 64.6 Å². The highest BCUT2D eigenvalue weighted by Gasteiger charge is 2.56. The lowest BCUT2D eigenvalue weighted by molar-refractivity contribution is -0.136. The average Bonchev–Trinajstić information content (AvgIpc) is 3.84. The molecule has 2 aliphatic heterocycles. The van der Waals surface area contributed by atoms with Gasteiger partial charge < -0.3 is 34.6 Å². The number of carbonyl (C=O) groups is 4. The normalized spacial score (nSPS) is 20.5. The Labute approximate surface area is 299 Å². The number of amides is 3. The third-order valence-corrected chi connectivity index (χ3v) is 9.73. The van der Waals surface area contributed by atoms with Crippen molar-refractivity contribution in [2.75, 3.05) is 12.4 Å². The van der Waals surface area contributed by atoms with Gasteiger partial charge in [-0.1, -0.05) is 89.2 Å². The molecule has 0 saturated heterocycles. The zero-order chi connectivity index (χ0) is 37.1. The van der Waals surface area contributed by atoms with Crippen LogP contribution in [0, 0.1) is 11.3 Å². The van der Waals surface area contributed by atoms with Gasteiger partial charge in [-0.3, -0.25) is 14.4 Å². The first kappa shape index (κ1) is 34.6. The van der Waals surface area contributed by atoms with Crippen LogP contribution in [0.15, 0.2) is 75.8 Å². The lowest BCUT2D eigenvalue weighted by Gasteiger charge is -2.32. The molecule has 0 saturated carbocycles. The molecular formula is C39H39N5O8. The number of hydrogen-bond acceptors (Lipinski definition) is 10. The van der Waals surface area contributed by atoms with Crippen LogP contribution in [0.5, 0.6) is 0 Å². The van der Waals surface area contributed by atoms with Gasteiger partial charge in [0.05, 0.1) is 7.11 Å². The molecule has 4 bridgehead atoms. The summed E-state index contributed by atoms with van der Waals surface area (Å²) in [6.07, 6.45) is -0.171. The topological polar surface area (TPSA) is 186 Å². The van der Waals surface area contributed by atoms with Gasteiger partial charge in [-0.2, -0.15) is 0 Å². The van der Waals surface area contributed by atoms with Gasteiger partial charge in [-0.15, -0.1) is 0 Å². The number of benzene rings is 3. The second-order valence-corrected chi connectivity index (χ2v) is 14.6. The van der Waals surface area contributed by atoms with Crippen molar-refractivity contribution in [3.05, 3.63) is 101 Å². The Morgan fingerprint density at radius 3 is 2.52 bits per heavy atom. The molecule has 13 heteroatoms. The van der Waals surface area contributed by atoms with Gasteiger partial charge in [0.15, 0.2) is 22.6 Å². The maximum atomic E-state index is 14.9. The van der Waals surface area contributed by atoms with E-state index in [1.165, 1.54) is 7.11 Å². The third-order valence-electron chi connectivity index (χ3n) is 9.73. The molecule has 7 rings (SSSR count). The van der Waals surface area contributed by atoms with Gasteiger partial charge in [-0.05, 0) is 39.3 Å². The first-order valence-corrected chi connectivity index (χ1v) is 17.0. The molecule has 0 unspecified atom stereocenters. The number of nitrogens with one attached hydrogen (secondary N) is 3. The highest BCUT2D eigenvalue weighted by atomic mass is 16.5. The number of aliphatic hydroxyl groups is 1. The van der Waals surface area contributed by atoms with Crippen molar-refractivity contribution in [1.82, 2.24) is 20.6 Å². The second-order valence-electron chi connectivity index (χ2n) is 14.6. The minimum absolute atomic E-state index is 0.0355. The molecule has 0 spiro atoms. The average molecular weight is 706 g/mol. The Morgan fingerprint density at radius 1 is 1.04 bits per heavy atom. The van der Waals surface area contributed by atoms with E-state index in [1.807, 2.05) is 69.3 Å². The molecule has 0 radical (unpaired) electrons. The fourth-order valence-corrected chi connectivity index (χ4v) is 6.98. The summed E-state index contributed by atoms with van der Waals surface area (Å²) >= 11 is 0. The number of hydrogen-bond donors (Lipinski definition) is 4. The second kappa shape index (κ2) is 12.7. The summed E-state index contributed by atoms with van der Waals surface area (Å²) in [4.78, 5) is 64.1. The number of methoxy groups -OCH3 is 1. The number of nitrogens with zero attached hydrogens (tertiary/aromatic N) is 2. The van der Waals surface area contributed by atoms with Gasteiger partial charge in [0.1, 0.15) is 24.5 Å². The van der Waals surface area contributed by atoms with Crippen molar-refractivity contribution in [1.29, 1.82) is 0 Å². The van der Waals surface area contributed by atoms with Crippen LogP contribution >= 0.6 is 0 Å². The highest BCUT2D eigenvalue weighted by Crippen LogP contribution is 2.53. The number of aliphatic hydroxyl groups excluding tert-OH is 1. The lowest BCUT2D eigenvalue weighted by Crippen LogP contribution is -2.53. The summed E-state index contributed by atoms with van der Waals surface area (Å²) in [7, 11) is 1.22. The molecule has 4 atom stereocenters. The van der Waals surface area contributed by atoms with Crippen molar-refractivity contribution < 1.29 is 37.9 Å². The van der Waals surface area contributed by atoms with Crippen LogP contribution in [0.1, 0.15) is 79.5 Å². The number of rotatable bonds is 6. The van der Waals surface area contributed by atoms with Crippen LogP contribution in [0.25, 0.3) is 22.4 Å². The van der Waals surface area contributed by atoms with Crippen LogP contribution in [0.3, 0.4) is 0 Å². The number of carbonyl (C=O) groups excluding carboxylic acids is 4. The van der Waals surface area contributed by atoms with Gasteiger partial charge in [0.2, 0.25) is 29.5 Å². The largest absolute Gasteiger partial charge is 0.464 e. The number of anilines is 1. The monoisotopic (exact) mass is 705 g/mol. The molecule has 3 aromatic carbocycles. The van der Waals surface area contributed by atoms with Crippen molar-refractivity contribution in [3.63, 3.8) is 0 Å². The maximum Gasteiger partial charge on any atom is 0.360 e. The zero-order valence-electron chi connectivity index (χ0n) is 29.6. The Hall–Kier alpha value is -5.82. The van der Waals surface area contributed by atoms with E-state index in [4.69, 9.17) is 18.6 Å². The Kier molecular flexibility index (Phi) is 8.49. The van der Waals surface area contributed by atoms with Crippen molar-refractivity contribution >= 4 is 40.2 Å². The third kappa shape index (κ3) is 5.61. The fraction of sp³-hybridized carbons (Fsp3) is 0.333. The Balaban J connectivity index is 1.56. The number of aromatic nitrogens is 2. The minimum Gasteiger partial charge on any atom is -0.464 e. The maximum absolute atomic E-state index is 14.9. The predicted molar refractivity (Wildman–Crippen MR) is 189 cm³/mol. The summed E-state index contributed by atoms with van der Waals surface area (Å²) < 4.78 is 17.5. The molecule has 2 aromatic heterocycles. The number of esters is 1. The van der Waals surface area contributed by atoms with Crippen LogP contribution < -0.4 is 16.0 Å². The van der Waals surface area contributed by atoms with E-state index in [9.17, 15) is 24.3 Å². The zero-order valence-corrected chi connectivity index (χ0v) is 29.6. The number of oxazole rings is 2. The molecule has 3 amide bonds. The van der Waals surface area contributed by atoms with Crippen LogP contribution in [-0.4, -0.2) is 58.0 Å². The first-order valence-electron chi connectivity index (χ1n) is 17.0. The van der Waals surface area contributed by atoms with Crippen LogP contribution in [-0.2, 0) is 31.0 Å². The smallest absolute Gasteiger partial charge is 0.360 e. The van der Waals surface area contributed by atoms with Gasteiger partial charge >= 0.3 is 5.97 Å². The van der Waals surface area contributed by atoms with E-state index in [0.717, 1.165) is 17.0 Å². The summed E-state index contributed by atoms with van der Waals surface area (Å²) in [6.45, 7) is 9.06. The standard InChI is InChI=1S/C39H39N5O8/c1-19(2)29(45)33(47)40-26-17-20-14-15-25-24(16-20)39(37(49)42-25,23-13-9-11-21-10-7-8-12-22(21)23)31-28(34-41-27(18-51-34)36(48)50-6)43-35(52-31)30(38(3,4)5)44-32(26)46/h7-16,18-19,26,29-30,45H,17H2,1-6H3,(H,40,47)(H,42,49)(H,44,46)/t26-,29-,30+,39-/m0/s1. The van der Waals surface area contributed by atoms with E-state index in [2.05, 4.69) is 20.9 Å². The Morgan fingerprint density at radius 2 is 1.79 bits per heavy atom. The molecule has 52 heavy (non-hydrogen) atoms. The van der Waals surface area contributed by atoms with Gasteiger partial charge in [0.25, 0.3) is 0 Å². The Bertz CT molecular complexity index is 2240. The fourth-order valence-electron chi connectivity index (χ4n) is 6.98. The summed E-state index contributed by atoms with van der Waals surface area (Å²) in [5.74, 6) is -2.79. The first-order chi connectivity index (χ1) is 24.7.